The summed E-state index contributed by atoms with van der Waals surface area (Å²) in [6.45, 7) is 9.04. The van der Waals surface area contributed by atoms with Gasteiger partial charge in [-0.1, -0.05) is 23.5 Å². The first kappa shape index (κ1) is 15.8. The molecular formula is C14H22N4O2S. The van der Waals surface area contributed by atoms with E-state index in [-0.39, 0.29) is 5.91 Å². The van der Waals surface area contributed by atoms with Gasteiger partial charge in [0, 0.05) is 19.6 Å². The van der Waals surface area contributed by atoms with Crippen LogP contribution in [0.1, 0.15) is 29.4 Å². The standard InChI is InChI=1S/C14H22N4O2S/c1-10(2)9-20-8-5-16-13(19)11-12(15)17-14(21-11)18-6-3-4-7-18/h1,3-9,15H2,2H3,(H,16,19). The minimum absolute atomic E-state index is 0.186. The fraction of sp³-hybridized carbons (Fsp3) is 0.571. The van der Waals surface area contributed by atoms with Crippen LogP contribution in [0.4, 0.5) is 10.9 Å². The Bertz CT molecular complexity index is 509. The molecule has 1 aliphatic rings. The molecule has 1 aliphatic heterocycles. The number of amides is 1. The van der Waals surface area contributed by atoms with Crippen molar-refractivity contribution in [1.82, 2.24) is 10.3 Å². The van der Waals surface area contributed by atoms with Gasteiger partial charge in [-0.15, -0.1) is 0 Å². The summed E-state index contributed by atoms with van der Waals surface area (Å²) in [6, 6.07) is 0. The summed E-state index contributed by atoms with van der Waals surface area (Å²) in [5.74, 6) is 0.122. The Morgan fingerprint density at radius 3 is 2.90 bits per heavy atom. The lowest BCUT2D eigenvalue weighted by Crippen LogP contribution is -2.27. The van der Waals surface area contributed by atoms with Crippen LogP contribution in [0.5, 0.6) is 0 Å². The summed E-state index contributed by atoms with van der Waals surface area (Å²) in [7, 11) is 0. The number of nitrogens with zero attached hydrogens (tertiary/aromatic N) is 2. The number of rotatable bonds is 7. The van der Waals surface area contributed by atoms with Gasteiger partial charge in [-0.2, -0.15) is 0 Å². The second kappa shape index (κ2) is 7.42. The zero-order chi connectivity index (χ0) is 15.2. The molecule has 21 heavy (non-hydrogen) atoms. The fourth-order valence-electron chi connectivity index (χ4n) is 2.09. The van der Waals surface area contributed by atoms with E-state index in [9.17, 15) is 4.79 Å². The monoisotopic (exact) mass is 310 g/mol. The van der Waals surface area contributed by atoms with E-state index in [2.05, 4.69) is 21.8 Å². The van der Waals surface area contributed by atoms with Gasteiger partial charge in [0.15, 0.2) is 5.13 Å². The summed E-state index contributed by atoms with van der Waals surface area (Å²) in [4.78, 5) is 19.0. The molecule has 116 valence electrons. The van der Waals surface area contributed by atoms with Crippen molar-refractivity contribution in [3.63, 3.8) is 0 Å². The molecule has 0 saturated carbocycles. The van der Waals surface area contributed by atoms with Crippen LogP contribution in [-0.4, -0.2) is 43.7 Å². The van der Waals surface area contributed by atoms with E-state index in [1.54, 1.807) is 0 Å². The van der Waals surface area contributed by atoms with E-state index < -0.39 is 0 Å². The van der Waals surface area contributed by atoms with Crippen molar-refractivity contribution in [2.24, 2.45) is 0 Å². The Morgan fingerprint density at radius 1 is 1.52 bits per heavy atom. The van der Waals surface area contributed by atoms with Crippen molar-refractivity contribution in [2.75, 3.05) is 43.5 Å². The molecule has 0 spiro atoms. The molecule has 1 amide bonds. The van der Waals surface area contributed by atoms with Gasteiger partial charge < -0.3 is 20.7 Å². The average molecular weight is 310 g/mol. The van der Waals surface area contributed by atoms with Gasteiger partial charge in [0.25, 0.3) is 5.91 Å². The van der Waals surface area contributed by atoms with Crippen LogP contribution in [0.3, 0.4) is 0 Å². The van der Waals surface area contributed by atoms with E-state index in [1.165, 1.54) is 24.2 Å². The maximum atomic E-state index is 12.1. The normalized spacial score (nSPS) is 14.4. The lowest BCUT2D eigenvalue weighted by molar-refractivity contribution is 0.0931. The first-order chi connectivity index (χ1) is 10.1. The minimum Gasteiger partial charge on any atom is -0.382 e. The van der Waals surface area contributed by atoms with Crippen LogP contribution in [0.2, 0.25) is 0 Å². The molecule has 7 heteroatoms. The zero-order valence-corrected chi connectivity index (χ0v) is 13.2. The van der Waals surface area contributed by atoms with Gasteiger partial charge in [0.2, 0.25) is 0 Å². The topological polar surface area (TPSA) is 80.5 Å². The van der Waals surface area contributed by atoms with Crippen molar-refractivity contribution in [1.29, 1.82) is 0 Å². The predicted molar refractivity (Wildman–Crippen MR) is 85.9 cm³/mol. The van der Waals surface area contributed by atoms with Crippen molar-refractivity contribution in [2.45, 2.75) is 19.8 Å². The number of hydrogen-bond acceptors (Lipinski definition) is 6. The molecule has 0 aromatic carbocycles. The van der Waals surface area contributed by atoms with Crippen LogP contribution >= 0.6 is 11.3 Å². The molecule has 0 atom stereocenters. The molecular weight excluding hydrogens is 288 g/mol. The van der Waals surface area contributed by atoms with Gasteiger partial charge >= 0.3 is 0 Å². The van der Waals surface area contributed by atoms with Gasteiger partial charge in [-0.05, 0) is 19.8 Å². The van der Waals surface area contributed by atoms with Crippen LogP contribution in [0, 0.1) is 0 Å². The molecule has 3 N–H and O–H groups in total. The van der Waals surface area contributed by atoms with Crippen molar-refractivity contribution < 1.29 is 9.53 Å². The molecule has 1 saturated heterocycles. The first-order valence-corrected chi connectivity index (χ1v) is 7.91. The van der Waals surface area contributed by atoms with E-state index in [1.807, 2.05) is 6.92 Å². The van der Waals surface area contributed by atoms with E-state index in [4.69, 9.17) is 10.5 Å². The van der Waals surface area contributed by atoms with Crippen molar-refractivity contribution in [3.05, 3.63) is 17.0 Å². The Labute approximate surface area is 129 Å². The van der Waals surface area contributed by atoms with Gasteiger partial charge in [0.05, 0.1) is 13.2 Å². The summed E-state index contributed by atoms with van der Waals surface area (Å²) in [6.07, 6.45) is 2.34. The van der Waals surface area contributed by atoms with E-state index >= 15 is 0 Å². The van der Waals surface area contributed by atoms with Gasteiger partial charge in [-0.25, -0.2) is 4.98 Å². The van der Waals surface area contributed by atoms with E-state index in [0.717, 1.165) is 23.8 Å². The Balaban J connectivity index is 1.83. The predicted octanol–water partition coefficient (Wildman–Crippen LogP) is 1.65. The maximum absolute atomic E-state index is 12.1. The highest BCUT2D eigenvalue weighted by Crippen LogP contribution is 2.30. The quantitative estimate of drug-likeness (QED) is 0.591. The van der Waals surface area contributed by atoms with Gasteiger partial charge in [0.1, 0.15) is 10.7 Å². The molecule has 0 aliphatic carbocycles. The highest BCUT2D eigenvalue weighted by atomic mass is 32.1. The zero-order valence-electron chi connectivity index (χ0n) is 12.4. The first-order valence-electron chi connectivity index (χ1n) is 7.09. The smallest absolute Gasteiger partial charge is 0.265 e. The van der Waals surface area contributed by atoms with Crippen LogP contribution in [-0.2, 0) is 4.74 Å². The Morgan fingerprint density at radius 2 is 2.24 bits per heavy atom. The summed E-state index contributed by atoms with van der Waals surface area (Å²) in [5, 5.41) is 3.64. The maximum Gasteiger partial charge on any atom is 0.265 e. The minimum atomic E-state index is -0.186. The van der Waals surface area contributed by atoms with Gasteiger partial charge in [-0.3, -0.25) is 4.79 Å². The summed E-state index contributed by atoms with van der Waals surface area (Å²) in [5.41, 5.74) is 6.81. The summed E-state index contributed by atoms with van der Waals surface area (Å²) < 4.78 is 5.33. The molecule has 0 radical (unpaired) electrons. The molecule has 6 nitrogen and oxygen atoms in total. The largest absolute Gasteiger partial charge is 0.382 e. The lowest BCUT2D eigenvalue weighted by atomic mass is 10.4. The van der Waals surface area contributed by atoms with Crippen LogP contribution < -0.4 is 16.0 Å². The number of carbonyl (C=O) groups excluding carboxylic acids is 1. The number of hydrogen-bond donors (Lipinski definition) is 2. The molecule has 2 heterocycles. The van der Waals surface area contributed by atoms with Crippen LogP contribution in [0.15, 0.2) is 12.2 Å². The summed E-state index contributed by atoms with van der Waals surface area (Å²) >= 11 is 1.36. The molecule has 1 aromatic rings. The fourth-order valence-corrected chi connectivity index (χ4v) is 3.04. The molecule has 2 rings (SSSR count). The highest BCUT2D eigenvalue weighted by Gasteiger charge is 2.21. The number of carbonyl (C=O) groups is 1. The molecule has 1 aromatic heterocycles. The molecule has 0 unspecified atom stereocenters. The number of nitrogens with two attached hydrogens (primary N) is 1. The molecule has 1 fully saturated rings. The second-order valence-corrected chi connectivity index (χ2v) is 6.15. The van der Waals surface area contributed by atoms with Crippen molar-refractivity contribution in [3.8, 4) is 0 Å². The number of nitrogens with one attached hydrogen (secondary N) is 1. The third-order valence-corrected chi connectivity index (χ3v) is 4.24. The number of anilines is 2. The average Bonchev–Trinajstić information content (AvgIpc) is 3.06. The number of thiazole rings is 1. The Kier molecular flexibility index (Phi) is 5.58. The number of ether oxygens (including phenoxy) is 1. The van der Waals surface area contributed by atoms with Crippen molar-refractivity contribution >= 4 is 28.2 Å². The number of nitrogen functional groups attached to an aromatic ring is 1. The SMILES string of the molecule is C=C(C)COCCNC(=O)c1sc(N2CCCC2)nc1N. The third-order valence-electron chi connectivity index (χ3n) is 3.11. The number of aromatic nitrogens is 1. The third kappa shape index (κ3) is 4.44. The van der Waals surface area contributed by atoms with Crippen LogP contribution in [0.25, 0.3) is 0 Å². The Hall–Kier alpha value is -1.60. The van der Waals surface area contributed by atoms with E-state index in [0.29, 0.717) is 30.5 Å². The highest BCUT2D eigenvalue weighted by molar-refractivity contribution is 7.18. The second-order valence-electron chi connectivity index (χ2n) is 5.17. The lowest BCUT2D eigenvalue weighted by Gasteiger charge is -2.11. The molecule has 0 bridgehead atoms.